The summed E-state index contributed by atoms with van der Waals surface area (Å²) < 4.78 is 0. The maximum Gasteiger partial charge on any atom is -0.00853 e. The highest BCUT2D eigenvalue weighted by Gasteiger charge is 2.56. The Balaban J connectivity index is 1.69. The van der Waals surface area contributed by atoms with E-state index in [9.17, 15) is 0 Å². The monoisotopic (exact) mass is 284 g/mol. The highest BCUT2D eigenvalue weighted by atomic mass is 14.6. The molecule has 0 spiro atoms. The first kappa shape index (κ1) is 14.1. The number of fused-ring (bicyclic) bond motifs is 5. The minimum atomic E-state index is 0.558. The van der Waals surface area contributed by atoms with Crippen LogP contribution in [0.2, 0.25) is 0 Å². The molecule has 0 bridgehead atoms. The molecule has 0 heteroatoms. The lowest BCUT2D eigenvalue weighted by molar-refractivity contribution is -0.0255. The predicted octanol–water partition coefficient (Wildman–Crippen LogP) is 6.29. The van der Waals surface area contributed by atoms with E-state index in [2.05, 4.69) is 32.9 Å². The average Bonchev–Trinajstić information content (AvgIpc) is 2.83. The molecule has 116 valence electrons. The van der Waals surface area contributed by atoms with Gasteiger partial charge in [0.1, 0.15) is 0 Å². The molecule has 0 amide bonds. The van der Waals surface area contributed by atoms with E-state index in [1.54, 1.807) is 5.57 Å². The Hall–Kier alpha value is -0.520. The molecular weight excluding hydrogens is 252 g/mol. The largest absolute Gasteiger partial charge is 0.0879 e. The first-order valence-corrected chi connectivity index (χ1v) is 9.45. The summed E-state index contributed by atoms with van der Waals surface area (Å²) in [6.45, 7) is 7.51. The number of hydrogen-bond acceptors (Lipinski definition) is 0. The molecule has 0 aliphatic heterocycles. The number of rotatable bonds is 0. The number of allylic oxidation sites excluding steroid dienone is 4. The third kappa shape index (κ3) is 1.80. The lowest BCUT2D eigenvalue weighted by Crippen LogP contribution is -2.49. The van der Waals surface area contributed by atoms with Gasteiger partial charge in [-0.3, -0.25) is 0 Å². The SMILES string of the molecule is CC=C1CC[C@H]2[C@@H]3CCC4=CCCC[C@]4(C)[C@H]3CC[C@]12C. The van der Waals surface area contributed by atoms with Crippen molar-refractivity contribution in [1.29, 1.82) is 0 Å². The molecule has 0 saturated heterocycles. The molecule has 0 aromatic rings. The standard InChI is InChI=1S/C21H32/c1-4-15-9-11-18-17-10-8-16-7-5-6-13-20(16,2)19(17)12-14-21(15,18)3/h4,7,17-19H,5-6,8-14H2,1-3H3/t17-,18-,19-,20-,21+/m0/s1. The van der Waals surface area contributed by atoms with E-state index >= 15 is 0 Å². The van der Waals surface area contributed by atoms with Crippen LogP contribution >= 0.6 is 0 Å². The third-order valence-corrected chi connectivity index (χ3v) is 8.22. The van der Waals surface area contributed by atoms with Crippen molar-refractivity contribution in [2.75, 3.05) is 0 Å². The van der Waals surface area contributed by atoms with Crippen LogP contribution in [-0.4, -0.2) is 0 Å². The van der Waals surface area contributed by atoms with E-state index in [4.69, 9.17) is 0 Å². The third-order valence-electron chi connectivity index (χ3n) is 8.22. The molecule has 0 heterocycles. The van der Waals surface area contributed by atoms with Crippen LogP contribution in [0, 0.1) is 28.6 Å². The lowest BCUT2D eigenvalue weighted by Gasteiger charge is -2.57. The van der Waals surface area contributed by atoms with E-state index in [1.165, 1.54) is 57.8 Å². The van der Waals surface area contributed by atoms with Gasteiger partial charge in [-0.25, -0.2) is 0 Å². The fraction of sp³-hybridized carbons (Fsp3) is 0.810. The van der Waals surface area contributed by atoms with Crippen molar-refractivity contribution in [1.82, 2.24) is 0 Å². The smallest absolute Gasteiger partial charge is 0.00853 e. The number of hydrogen-bond donors (Lipinski definition) is 0. The molecule has 3 fully saturated rings. The molecule has 0 radical (unpaired) electrons. The van der Waals surface area contributed by atoms with Crippen molar-refractivity contribution in [3.8, 4) is 0 Å². The van der Waals surface area contributed by atoms with Crippen LogP contribution in [0.25, 0.3) is 0 Å². The predicted molar refractivity (Wildman–Crippen MR) is 90.1 cm³/mol. The Kier molecular flexibility index (Phi) is 3.18. The zero-order valence-electron chi connectivity index (χ0n) is 14.3. The van der Waals surface area contributed by atoms with Gasteiger partial charge in [0.25, 0.3) is 0 Å². The van der Waals surface area contributed by atoms with E-state index in [0.29, 0.717) is 10.8 Å². The summed E-state index contributed by atoms with van der Waals surface area (Å²) in [4.78, 5) is 0. The van der Waals surface area contributed by atoms with Gasteiger partial charge >= 0.3 is 0 Å². The van der Waals surface area contributed by atoms with Crippen LogP contribution in [0.3, 0.4) is 0 Å². The highest BCUT2D eigenvalue weighted by Crippen LogP contribution is 2.66. The minimum Gasteiger partial charge on any atom is -0.0879 e. The van der Waals surface area contributed by atoms with Crippen LogP contribution < -0.4 is 0 Å². The Morgan fingerprint density at radius 2 is 1.81 bits per heavy atom. The second-order valence-electron chi connectivity index (χ2n) is 8.76. The zero-order valence-corrected chi connectivity index (χ0v) is 14.3. The van der Waals surface area contributed by atoms with Gasteiger partial charge in [-0.1, -0.05) is 37.1 Å². The van der Waals surface area contributed by atoms with Crippen LogP contribution in [0.5, 0.6) is 0 Å². The fourth-order valence-electron chi connectivity index (χ4n) is 7.08. The molecular formula is C21H32. The molecule has 5 atom stereocenters. The Morgan fingerprint density at radius 1 is 1.00 bits per heavy atom. The van der Waals surface area contributed by atoms with Gasteiger partial charge in [-0.05, 0) is 93.3 Å². The van der Waals surface area contributed by atoms with Crippen molar-refractivity contribution in [3.63, 3.8) is 0 Å². The molecule has 0 aromatic heterocycles. The van der Waals surface area contributed by atoms with Gasteiger partial charge in [-0.15, -0.1) is 0 Å². The van der Waals surface area contributed by atoms with Crippen molar-refractivity contribution in [2.45, 2.75) is 78.6 Å². The van der Waals surface area contributed by atoms with Gasteiger partial charge in [0, 0.05) is 0 Å². The Morgan fingerprint density at radius 3 is 2.62 bits per heavy atom. The summed E-state index contributed by atoms with van der Waals surface area (Å²) >= 11 is 0. The topological polar surface area (TPSA) is 0 Å². The first-order valence-electron chi connectivity index (χ1n) is 9.45. The molecule has 0 N–H and O–H groups in total. The van der Waals surface area contributed by atoms with Gasteiger partial charge in [-0.2, -0.15) is 0 Å². The van der Waals surface area contributed by atoms with Crippen LogP contribution in [0.4, 0.5) is 0 Å². The summed E-state index contributed by atoms with van der Waals surface area (Å²) in [6, 6.07) is 0. The molecule has 4 rings (SSSR count). The lowest BCUT2D eigenvalue weighted by atomic mass is 9.47. The summed E-state index contributed by atoms with van der Waals surface area (Å²) in [7, 11) is 0. The van der Waals surface area contributed by atoms with Crippen LogP contribution in [0.15, 0.2) is 23.3 Å². The summed E-state index contributed by atoms with van der Waals surface area (Å²) in [5.74, 6) is 3.00. The minimum absolute atomic E-state index is 0.558. The molecule has 0 nitrogen and oxygen atoms in total. The van der Waals surface area contributed by atoms with Crippen molar-refractivity contribution < 1.29 is 0 Å². The van der Waals surface area contributed by atoms with E-state index in [-0.39, 0.29) is 0 Å². The molecule has 4 aliphatic rings. The fourth-order valence-corrected chi connectivity index (χ4v) is 7.08. The Bertz CT molecular complexity index is 496. The second-order valence-corrected chi connectivity index (χ2v) is 8.76. The molecule has 21 heavy (non-hydrogen) atoms. The summed E-state index contributed by atoms with van der Waals surface area (Å²) in [5.41, 5.74) is 4.77. The summed E-state index contributed by atoms with van der Waals surface area (Å²) in [6.07, 6.45) is 18.1. The van der Waals surface area contributed by atoms with E-state index in [0.717, 1.165) is 17.8 Å². The van der Waals surface area contributed by atoms with Crippen molar-refractivity contribution >= 4 is 0 Å². The molecule has 3 saturated carbocycles. The first-order chi connectivity index (χ1) is 10.1. The quantitative estimate of drug-likeness (QED) is 0.459. The second kappa shape index (κ2) is 4.74. The van der Waals surface area contributed by atoms with Crippen molar-refractivity contribution in [2.24, 2.45) is 28.6 Å². The van der Waals surface area contributed by atoms with Gasteiger partial charge < -0.3 is 0 Å². The molecule has 4 aliphatic carbocycles. The summed E-state index contributed by atoms with van der Waals surface area (Å²) in [5, 5.41) is 0. The maximum absolute atomic E-state index is 2.63. The zero-order chi connectivity index (χ0) is 14.7. The van der Waals surface area contributed by atoms with Gasteiger partial charge in [0.15, 0.2) is 0 Å². The highest BCUT2D eigenvalue weighted by molar-refractivity contribution is 5.28. The van der Waals surface area contributed by atoms with Gasteiger partial charge in [0.2, 0.25) is 0 Å². The molecule has 0 unspecified atom stereocenters. The average molecular weight is 284 g/mol. The Labute approximate surface area is 131 Å². The van der Waals surface area contributed by atoms with E-state index in [1.807, 2.05) is 5.57 Å². The molecule has 0 aromatic carbocycles. The van der Waals surface area contributed by atoms with Crippen LogP contribution in [-0.2, 0) is 0 Å². The van der Waals surface area contributed by atoms with Crippen LogP contribution in [0.1, 0.15) is 78.6 Å². The van der Waals surface area contributed by atoms with Gasteiger partial charge in [0.05, 0.1) is 0 Å². The van der Waals surface area contributed by atoms with E-state index < -0.39 is 0 Å². The van der Waals surface area contributed by atoms with Crippen molar-refractivity contribution in [3.05, 3.63) is 23.3 Å². The normalized spacial score (nSPS) is 51.1. The maximum atomic E-state index is 2.63.